The van der Waals surface area contributed by atoms with Crippen LogP contribution < -0.4 is 0 Å². The number of aliphatic hydroxyl groups is 1. The predicted octanol–water partition coefficient (Wildman–Crippen LogP) is 4.78. The number of hydrogen-bond acceptors (Lipinski definition) is 1. The predicted molar refractivity (Wildman–Crippen MR) is 72.6 cm³/mol. The first-order chi connectivity index (χ1) is 7.37. The van der Waals surface area contributed by atoms with Crippen LogP contribution in [-0.4, -0.2) is 10.7 Å². The summed E-state index contributed by atoms with van der Waals surface area (Å²) in [6.45, 7) is 11.0. The Kier molecular flexibility index (Phi) is 8.09. The molecule has 2 atom stereocenters. The van der Waals surface area contributed by atoms with Crippen molar-refractivity contribution >= 4 is 0 Å². The molecule has 16 heavy (non-hydrogen) atoms. The fraction of sp³-hybridized carbons (Fsp3) is 1.00. The molecule has 0 bridgehead atoms. The van der Waals surface area contributed by atoms with Crippen molar-refractivity contribution in [1.29, 1.82) is 0 Å². The van der Waals surface area contributed by atoms with E-state index in [1.54, 1.807) is 0 Å². The first-order valence-corrected chi connectivity index (χ1v) is 7.09. The van der Waals surface area contributed by atoms with Gasteiger partial charge in [0.05, 0.1) is 5.60 Å². The first kappa shape index (κ1) is 16.0. The third-order valence-electron chi connectivity index (χ3n) is 3.61. The van der Waals surface area contributed by atoms with Crippen LogP contribution in [0.15, 0.2) is 0 Å². The summed E-state index contributed by atoms with van der Waals surface area (Å²) in [7, 11) is 0. The molecule has 0 rings (SSSR count). The van der Waals surface area contributed by atoms with Gasteiger partial charge in [0.25, 0.3) is 0 Å². The summed E-state index contributed by atoms with van der Waals surface area (Å²) in [4.78, 5) is 0. The van der Waals surface area contributed by atoms with Crippen molar-refractivity contribution in [1.82, 2.24) is 0 Å². The number of hydrogen-bond donors (Lipinski definition) is 1. The largest absolute Gasteiger partial charge is 0.390 e. The van der Waals surface area contributed by atoms with E-state index in [0.717, 1.165) is 31.1 Å². The highest BCUT2D eigenvalue weighted by molar-refractivity contribution is 4.73. The Balaban J connectivity index is 3.61. The standard InChI is InChI=1S/C15H32O/c1-6-14(4)10-8-12-15(5,16)11-7-9-13(2)3/h13-14,16H,6-12H2,1-5H3. The minimum atomic E-state index is -0.428. The fourth-order valence-electron chi connectivity index (χ4n) is 2.05. The average Bonchev–Trinajstić information content (AvgIpc) is 2.16. The number of rotatable bonds is 9. The molecule has 1 nitrogen and oxygen atoms in total. The van der Waals surface area contributed by atoms with E-state index in [-0.39, 0.29) is 0 Å². The highest BCUT2D eigenvalue weighted by Gasteiger charge is 2.19. The Labute approximate surface area is 103 Å². The van der Waals surface area contributed by atoms with E-state index in [2.05, 4.69) is 27.7 Å². The molecule has 0 spiro atoms. The van der Waals surface area contributed by atoms with Gasteiger partial charge in [-0.3, -0.25) is 0 Å². The summed E-state index contributed by atoms with van der Waals surface area (Å²) in [5, 5.41) is 10.2. The second-order valence-corrected chi connectivity index (χ2v) is 6.19. The molecule has 98 valence electrons. The molecule has 0 fully saturated rings. The van der Waals surface area contributed by atoms with E-state index in [1.165, 1.54) is 25.7 Å². The van der Waals surface area contributed by atoms with Crippen molar-refractivity contribution in [2.45, 2.75) is 85.2 Å². The summed E-state index contributed by atoms with van der Waals surface area (Å²) in [6.07, 6.45) is 8.02. The molecule has 1 heteroatoms. The first-order valence-electron chi connectivity index (χ1n) is 7.09. The van der Waals surface area contributed by atoms with Crippen LogP contribution in [0.25, 0.3) is 0 Å². The molecule has 0 amide bonds. The van der Waals surface area contributed by atoms with Gasteiger partial charge >= 0.3 is 0 Å². The molecule has 0 saturated heterocycles. The highest BCUT2D eigenvalue weighted by Crippen LogP contribution is 2.23. The second kappa shape index (κ2) is 8.11. The second-order valence-electron chi connectivity index (χ2n) is 6.19. The molecule has 0 aromatic heterocycles. The van der Waals surface area contributed by atoms with Gasteiger partial charge in [0, 0.05) is 0 Å². The van der Waals surface area contributed by atoms with Gasteiger partial charge < -0.3 is 5.11 Å². The van der Waals surface area contributed by atoms with Gasteiger partial charge in [-0.25, -0.2) is 0 Å². The quantitative estimate of drug-likeness (QED) is 0.602. The molecule has 0 aliphatic heterocycles. The lowest BCUT2D eigenvalue weighted by molar-refractivity contribution is 0.0351. The zero-order valence-electron chi connectivity index (χ0n) is 12.1. The summed E-state index contributed by atoms with van der Waals surface area (Å²) < 4.78 is 0. The molecule has 0 heterocycles. The lowest BCUT2D eigenvalue weighted by atomic mass is 9.89. The SMILES string of the molecule is CCC(C)CCCC(C)(O)CCCC(C)C. The van der Waals surface area contributed by atoms with Gasteiger partial charge in [-0.05, 0) is 31.6 Å². The van der Waals surface area contributed by atoms with Crippen molar-refractivity contribution in [3.05, 3.63) is 0 Å². The van der Waals surface area contributed by atoms with E-state index < -0.39 is 5.60 Å². The lowest BCUT2D eigenvalue weighted by Gasteiger charge is -2.24. The normalized spacial score (nSPS) is 17.4. The minimum Gasteiger partial charge on any atom is -0.390 e. The van der Waals surface area contributed by atoms with Gasteiger partial charge in [-0.15, -0.1) is 0 Å². The minimum absolute atomic E-state index is 0.428. The summed E-state index contributed by atoms with van der Waals surface area (Å²) in [5.74, 6) is 1.57. The summed E-state index contributed by atoms with van der Waals surface area (Å²) >= 11 is 0. The highest BCUT2D eigenvalue weighted by atomic mass is 16.3. The topological polar surface area (TPSA) is 20.2 Å². The zero-order chi connectivity index (χ0) is 12.6. The van der Waals surface area contributed by atoms with Crippen molar-refractivity contribution in [3.63, 3.8) is 0 Å². The Hall–Kier alpha value is -0.0400. The average molecular weight is 228 g/mol. The fourth-order valence-corrected chi connectivity index (χ4v) is 2.05. The van der Waals surface area contributed by atoms with Gasteiger partial charge in [0.2, 0.25) is 0 Å². The Bertz CT molecular complexity index is 161. The van der Waals surface area contributed by atoms with E-state index in [9.17, 15) is 5.11 Å². The smallest absolute Gasteiger partial charge is 0.0619 e. The van der Waals surface area contributed by atoms with E-state index >= 15 is 0 Å². The molecule has 0 radical (unpaired) electrons. The van der Waals surface area contributed by atoms with Gasteiger partial charge in [0.1, 0.15) is 0 Å². The molecule has 1 N–H and O–H groups in total. The lowest BCUT2D eigenvalue weighted by Crippen LogP contribution is -2.24. The molecule has 0 aromatic rings. The molecule has 2 unspecified atom stereocenters. The monoisotopic (exact) mass is 228 g/mol. The van der Waals surface area contributed by atoms with Crippen LogP contribution >= 0.6 is 0 Å². The van der Waals surface area contributed by atoms with Gasteiger partial charge in [-0.1, -0.05) is 59.8 Å². The van der Waals surface area contributed by atoms with Crippen molar-refractivity contribution in [2.75, 3.05) is 0 Å². The third kappa shape index (κ3) is 9.21. The summed E-state index contributed by atoms with van der Waals surface area (Å²) in [5.41, 5.74) is -0.428. The third-order valence-corrected chi connectivity index (χ3v) is 3.61. The Morgan fingerprint density at radius 3 is 1.94 bits per heavy atom. The van der Waals surface area contributed by atoms with Crippen LogP contribution in [0.5, 0.6) is 0 Å². The van der Waals surface area contributed by atoms with Crippen LogP contribution in [0.1, 0.15) is 79.6 Å². The van der Waals surface area contributed by atoms with Gasteiger partial charge in [0.15, 0.2) is 0 Å². The van der Waals surface area contributed by atoms with Crippen LogP contribution in [0.2, 0.25) is 0 Å². The molecule has 0 saturated carbocycles. The van der Waals surface area contributed by atoms with Crippen LogP contribution in [0, 0.1) is 11.8 Å². The molecule has 0 aromatic carbocycles. The van der Waals surface area contributed by atoms with Crippen LogP contribution in [0.3, 0.4) is 0 Å². The van der Waals surface area contributed by atoms with Crippen molar-refractivity contribution in [2.24, 2.45) is 11.8 Å². The van der Waals surface area contributed by atoms with Crippen molar-refractivity contribution in [3.8, 4) is 0 Å². The molecular weight excluding hydrogens is 196 g/mol. The summed E-state index contributed by atoms with van der Waals surface area (Å²) in [6, 6.07) is 0. The Morgan fingerprint density at radius 2 is 1.50 bits per heavy atom. The van der Waals surface area contributed by atoms with E-state index in [4.69, 9.17) is 0 Å². The van der Waals surface area contributed by atoms with E-state index in [0.29, 0.717) is 0 Å². The molecule has 0 aliphatic rings. The maximum absolute atomic E-state index is 10.2. The van der Waals surface area contributed by atoms with E-state index in [1.807, 2.05) is 6.92 Å². The van der Waals surface area contributed by atoms with Gasteiger partial charge in [-0.2, -0.15) is 0 Å². The van der Waals surface area contributed by atoms with Crippen LogP contribution in [-0.2, 0) is 0 Å². The Morgan fingerprint density at radius 1 is 1.00 bits per heavy atom. The maximum atomic E-state index is 10.2. The molecular formula is C15H32O. The van der Waals surface area contributed by atoms with Crippen molar-refractivity contribution < 1.29 is 5.11 Å². The molecule has 0 aliphatic carbocycles. The van der Waals surface area contributed by atoms with Crippen LogP contribution in [0.4, 0.5) is 0 Å². The maximum Gasteiger partial charge on any atom is 0.0619 e. The zero-order valence-corrected chi connectivity index (χ0v) is 12.1.